The van der Waals surface area contributed by atoms with Gasteiger partial charge in [-0.2, -0.15) is 0 Å². The highest BCUT2D eigenvalue weighted by molar-refractivity contribution is 4.99. The van der Waals surface area contributed by atoms with E-state index in [9.17, 15) is 0 Å². The molecule has 1 aliphatic rings. The minimum atomic E-state index is 0.741. The van der Waals surface area contributed by atoms with Gasteiger partial charge in [0.05, 0.1) is 6.26 Å². The monoisotopic (exact) mass is 193 g/mol. The van der Waals surface area contributed by atoms with Crippen molar-refractivity contribution in [3.05, 3.63) is 24.2 Å². The molecule has 0 amide bonds. The first-order chi connectivity index (χ1) is 6.90. The Bertz CT molecular complexity index is 255. The maximum Gasteiger partial charge on any atom is 0.103 e. The summed E-state index contributed by atoms with van der Waals surface area (Å²) >= 11 is 0. The molecular weight excluding hydrogens is 174 g/mol. The van der Waals surface area contributed by atoms with Crippen molar-refractivity contribution < 1.29 is 4.42 Å². The molecule has 1 aliphatic carbocycles. The number of aryl methyl sites for hydroxylation is 1. The molecular formula is C12H19NO. The van der Waals surface area contributed by atoms with E-state index in [2.05, 4.69) is 18.4 Å². The smallest absolute Gasteiger partial charge is 0.103 e. The third-order valence-electron chi connectivity index (χ3n) is 3.37. The Kier molecular flexibility index (Phi) is 3.25. The number of furan rings is 1. The van der Waals surface area contributed by atoms with Gasteiger partial charge in [-0.25, -0.2) is 0 Å². The fraction of sp³-hybridized carbons (Fsp3) is 0.667. The molecule has 2 unspecified atom stereocenters. The molecule has 2 rings (SSSR count). The number of nitrogens with one attached hydrogen (secondary N) is 1. The van der Waals surface area contributed by atoms with Crippen LogP contribution in [0.3, 0.4) is 0 Å². The molecule has 14 heavy (non-hydrogen) atoms. The van der Waals surface area contributed by atoms with E-state index in [0.29, 0.717) is 0 Å². The lowest BCUT2D eigenvalue weighted by Gasteiger charge is -2.17. The van der Waals surface area contributed by atoms with Gasteiger partial charge in [0.2, 0.25) is 0 Å². The molecule has 1 N–H and O–H groups in total. The van der Waals surface area contributed by atoms with Crippen LogP contribution in [0.15, 0.2) is 22.8 Å². The first-order valence-corrected chi connectivity index (χ1v) is 5.60. The van der Waals surface area contributed by atoms with Crippen LogP contribution >= 0.6 is 0 Å². The highest BCUT2D eigenvalue weighted by Gasteiger charge is 2.25. The van der Waals surface area contributed by atoms with Crippen molar-refractivity contribution in [1.29, 1.82) is 0 Å². The molecule has 1 heterocycles. The van der Waals surface area contributed by atoms with Gasteiger partial charge in [0.25, 0.3) is 0 Å². The Hall–Kier alpha value is -0.760. The fourth-order valence-electron chi connectivity index (χ4n) is 2.54. The Balaban J connectivity index is 1.80. The molecule has 0 bridgehead atoms. The van der Waals surface area contributed by atoms with E-state index in [-0.39, 0.29) is 0 Å². The lowest BCUT2D eigenvalue weighted by molar-refractivity contribution is 0.383. The zero-order valence-corrected chi connectivity index (χ0v) is 8.83. The normalized spacial score (nSPS) is 26.9. The van der Waals surface area contributed by atoms with Crippen LogP contribution in [-0.4, -0.2) is 13.1 Å². The van der Waals surface area contributed by atoms with Crippen molar-refractivity contribution in [3.63, 3.8) is 0 Å². The van der Waals surface area contributed by atoms with Gasteiger partial charge in [0.1, 0.15) is 5.76 Å². The standard InChI is InChI=1S/C12H19NO/c1-13-12-6-2-4-10(12)7-8-11-5-3-9-14-11/h3,5,9-10,12-13H,2,4,6-8H2,1H3. The molecule has 1 saturated carbocycles. The van der Waals surface area contributed by atoms with Gasteiger partial charge < -0.3 is 9.73 Å². The summed E-state index contributed by atoms with van der Waals surface area (Å²) in [4.78, 5) is 0. The lowest BCUT2D eigenvalue weighted by Crippen LogP contribution is -2.29. The fourth-order valence-corrected chi connectivity index (χ4v) is 2.54. The predicted molar refractivity (Wildman–Crippen MR) is 57.2 cm³/mol. The van der Waals surface area contributed by atoms with E-state index >= 15 is 0 Å². The topological polar surface area (TPSA) is 25.2 Å². The third-order valence-corrected chi connectivity index (χ3v) is 3.37. The molecule has 2 nitrogen and oxygen atoms in total. The molecule has 0 aliphatic heterocycles. The molecule has 0 radical (unpaired) electrons. The van der Waals surface area contributed by atoms with Crippen molar-refractivity contribution >= 4 is 0 Å². The summed E-state index contributed by atoms with van der Waals surface area (Å²) < 4.78 is 5.34. The average Bonchev–Trinajstić information content (AvgIpc) is 2.85. The van der Waals surface area contributed by atoms with Gasteiger partial charge in [-0.15, -0.1) is 0 Å². The first-order valence-electron chi connectivity index (χ1n) is 5.60. The van der Waals surface area contributed by atoms with Crippen LogP contribution in [0.5, 0.6) is 0 Å². The second kappa shape index (κ2) is 4.65. The maximum atomic E-state index is 5.34. The summed E-state index contributed by atoms with van der Waals surface area (Å²) in [6, 6.07) is 4.79. The zero-order valence-electron chi connectivity index (χ0n) is 8.83. The molecule has 0 aromatic carbocycles. The SMILES string of the molecule is CNC1CCCC1CCc1ccco1. The number of rotatable bonds is 4. The van der Waals surface area contributed by atoms with Crippen LogP contribution in [-0.2, 0) is 6.42 Å². The summed E-state index contributed by atoms with van der Waals surface area (Å²) in [5.74, 6) is 1.98. The maximum absolute atomic E-state index is 5.34. The van der Waals surface area contributed by atoms with E-state index in [4.69, 9.17) is 4.42 Å². The molecule has 0 saturated heterocycles. The Morgan fingerprint density at radius 1 is 1.50 bits per heavy atom. The van der Waals surface area contributed by atoms with Crippen molar-refractivity contribution in [3.8, 4) is 0 Å². The Morgan fingerprint density at radius 3 is 3.14 bits per heavy atom. The van der Waals surface area contributed by atoms with Gasteiger partial charge in [0.15, 0.2) is 0 Å². The first kappa shape index (κ1) is 9.78. The van der Waals surface area contributed by atoms with Crippen LogP contribution < -0.4 is 5.32 Å². The van der Waals surface area contributed by atoms with Crippen LogP contribution in [0.4, 0.5) is 0 Å². The van der Waals surface area contributed by atoms with E-state index in [0.717, 1.165) is 24.1 Å². The molecule has 0 spiro atoms. The second-order valence-corrected chi connectivity index (χ2v) is 4.20. The average molecular weight is 193 g/mol. The van der Waals surface area contributed by atoms with Gasteiger partial charge in [-0.05, 0) is 44.4 Å². The molecule has 1 aromatic heterocycles. The van der Waals surface area contributed by atoms with E-state index in [1.54, 1.807) is 6.26 Å². The quantitative estimate of drug-likeness (QED) is 0.795. The van der Waals surface area contributed by atoms with Crippen molar-refractivity contribution in [2.24, 2.45) is 5.92 Å². The molecule has 2 atom stereocenters. The molecule has 1 aromatic rings. The van der Waals surface area contributed by atoms with Gasteiger partial charge in [0, 0.05) is 12.5 Å². The van der Waals surface area contributed by atoms with Crippen LogP contribution in [0.25, 0.3) is 0 Å². The lowest BCUT2D eigenvalue weighted by atomic mass is 9.97. The van der Waals surface area contributed by atoms with E-state index < -0.39 is 0 Å². The summed E-state index contributed by atoms with van der Waals surface area (Å²) in [7, 11) is 2.08. The van der Waals surface area contributed by atoms with Crippen LogP contribution in [0.1, 0.15) is 31.4 Å². The van der Waals surface area contributed by atoms with Gasteiger partial charge in [-0.1, -0.05) is 6.42 Å². The largest absolute Gasteiger partial charge is 0.469 e. The molecule has 78 valence electrons. The highest BCUT2D eigenvalue weighted by atomic mass is 16.3. The van der Waals surface area contributed by atoms with Crippen molar-refractivity contribution in [2.75, 3.05) is 7.05 Å². The number of hydrogen-bond donors (Lipinski definition) is 1. The summed E-state index contributed by atoms with van der Waals surface area (Å²) in [6.45, 7) is 0. The minimum Gasteiger partial charge on any atom is -0.469 e. The predicted octanol–water partition coefficient (Wildman–Crippen LogP) is 2.60. The van der Waals surface area contributed by atoms with Gasteiger partial charge >= 0.3 is 0 Å². The molecule has 1 fully saturated rings. The number of hydrogen-bond acceptors (Lipinski definition) is 2. The summed E-state index contributed by atoms with van der Waals surface area (Å²) in [5, 5.41) is 3.41. The summed E-state index contributed by atoms with van der Waals surface area (Å²) in [6.07, 6.45) is 8.23. The Labute approximate surface area is 85.7 Å². The van der Waals surface area contributed by atoms with E-state index in [1.165, 1.54) is 25.7 Å². The minimum absolute atomic E-state index is 0.741. The van der Waals surface area contributed by atoms with Crippen LogP contribution in [0.2, 0.25) is 0 Å². The van der Waals surface area contributed by atoms with Crippen molar-refractivity contribution in [1.82, 2.24) is 5.32 Å². The highest BCUT2D eigenvalue weighted by Crippen LogP contribution is 2.29. The van der Waals surface area contributed by atoms with Gasteiger partial charge in [-0.3, -0.25) is 0 Å². The summed E-state index contributed by atoms with van der Waals surface area (Å²) in [5.41, 5.74) is 0. The van der Waals surface area contributed by atoms with Crippen molar-refractivity contribution in [2.45, 2.75) is 38.1 Å². The second-order valence-electron chi connectivity index (χ2n) is 4.20. The third kappa shape index (κ3) is 2.18. The zero-order chi connectivity index (χ0) is 9.80. The van der Waals surface area contributed by atoms with Crippen LogP contribution in [0, 0.1) is 5.92 Å². The van der Waals surface area contributed by atoms with E-state index in [1.807, 2.05) is 6.07 Å². The molecule has 2 heteroatoms. The Morgan fingerprint density at radius 2 is 2.43 bits per heavy atom.